The van der Waals surface area contributed by atoms with E-state index < -0.39 is 0 Å². The fourth-order valence-electron chi connectivity index (χ4n) is 1.43. The highest BCUT2D eigenvalue weighted by Gasteiger charge is 2.05. The van der Waals surface area contributed by atoms with Gasteiger partial charge in [-0.25, -0.2) is 0 Å². The van der Waals surface area contributed by atoms with Crippen LogP contribution >= 0.6 is 15.9 Å². The predicted molar refractivity (Wildman–Crippen MR) is 74.4 cm³/mol. The van der Waals surface area contributed by atoms with Crippen molar-refractivity contribution in [2.24, 2.45) is 0 Å². The molecule has 0 bridgehead atoms. The summed E-state index contributed by atoms with van der Waals surface area (Å²) in [6.45, 7) is 2.84. The molecule has 1 rings (SSSR count). The second-order valence-electron chi connectivity index (χ2n) is 3.87. The van der Waals surface area contributed by atoms with Gasteiger partial charge < -0.3 is 10.6 Å². The van der Waals surface area contributed by atoms with Gasteiger partial charge in [0.05, 0.1) is 0 Å². The first-order valence-electron chi connectivity index (χ1n) is 5.94. The second kappa shape index (κ2) is 7.87. The number of carbonyl (C=O) groups excluding carboxylic acids is 2. The number of hydrogen-bond acceptors (Lipinski definition) is 2. The molecule has 0 fully saturated rings. The van der Waals surface area contributed by atoms with Crippen LogP contribution in [0, 0.1) is 0 Å². The number of nitrogens with one attached hydrogen (secondary N) is 2. The van der Waals surface area contributed by atoms with E-state index in [1.165, 1.54) is 0 Å². The molecule has 2 N–H and O–H groups in total. The zero-order valence-corrected chi connectivity index (χ0v) is 11.9. The minimum atomic E-state index is -0.138. The maximum atomic E-state index is 11.7. The van der Waals surface area contributed by atoms with Gasteiger partial charge in [0.2, 0.25) is 5.91 Å². The summed E-state index contributed by atoms with van der Waals surface area (Å²) >= 11 is 3.31. The first-order chi connectivity index (χ1) is 8.63. The summed E-state index contributed by atoms with van der Waals surface area (Å²) in [6.07, 6.45) is 1.36. The van der Waals surface area contributed by atoms with E-state index in [-0.39, 0.29) is 11.8 Å². The molecule has 0 atom stereocenters. The number of carbonyl (C=O) groups is 2. The number of halogens is 1. The lowest BCUT2D eigenvalue weighted by atomic mass is 10.2. The van der Waals surface area contributed by atoms with Crippen molar-refractivity contribution in [3.8, 4) is 0 Å². The van der Waals surface area contributed by atoms with Gasteiger partial charge >= 0.3 is 0 Å². The average Bonchev–Trinajstić information content (AvgIpc) is 2.35. The van der Waals surface area contributed by atoms with Gasteiger partial charge in [-0.05, 0) is 24.6 Å². The van der Waals surface area contributed by atoms with E-state index in [1.807, 2.05) is 19.1 Å². The fourth-order valence-corrected chi connectivity index (χ4v) is 1.82. The van der Waals surface area contributed by atoms with Gasteiger partial charge in [0.1, 0.15) is 0 Å². The molecule has 0 aromatic heterocycles. The molecule has 0 spiro atoms. The first kappa shape index (κ1) is 14.7. The Kier molecular flexibility index (Phi) is 6.43. The third-order valence-electron chi connectivity index (χ3n) is 2.30. The van der Waals surface area contributed by atoms with E-state index in [4.69, 9.17) is 0 Å². The normalized spacial score (nSPS) is 9.89. The largest absolute Gasteiger partial charge is 0.354 e. The van der Waals surface area contributed by atoms with Crippen molar-refractivity contribution in [3.05, 3.63) is 34.3 Å². The zero-order chi connectivity index (χ0) is 13.4. The predicted octanol–water partition coefficient (Wildman–Crippen LogP) is 2.10. The summed E-state index contributed by atoms with van der Waals surface area (Å²) in [5.74, 6) is -0.116. The van der Waals surface area contributed by atoms with Gasteiger partial charge in [-0.15, -0.1) is 0 Å². The van der Waals surface area contributed by atoms with Crippen LogP contribution < -0.4 is 10.6 Å². The third kappa shape index (κ3) is 5.31. The molecule has 5 heteroatoms. The Bertz CT molecular complexity index is 421. The van der Waals surface area contributed by atoms with Crippen LogP contribution in [-0.2, 0) is 4.79 Å². The number of rotatable bonds is 6. The highest BCUT2D eigenvalue weighted by molar-refractivity contribution is 9.10. The van der Waals surface area contributed by atoms with Crippen molar-refractivity contribution in [1.82, 2.24) is 10.6 Å². The lowest BCUT2D eigenvalue weighted by Gasteiger charge is -2.07. The van der Waals surface area contributed by atoms with Crippen molar-refractivity contribution in [3.63, 3.8) is 0 Å². The van der Waals surface area contributed by atoms with Crippen LogP contribution in [0.4, 0.5) is 0 Å². The quantitative estimate of drug-likeness (QED) is 0.790. The van der Waals surface area contributed by atoms with E-state index in [0.29, 0.717) is 25.1 Å². The SMILES string of the molecule is CCCC(=O)NCCNC(=O)c1cccc(Br)c1. The van der Waals surface area contributed by atoms with Crippen LogP contribution in [0.25, 0.3) is 0 Å². The van der Waals surface area contributed by atoms with Crippen molar-refractivity contribution >= 4 is 27.7 Å². The van der Waals surface area contributed by atoms with Gasteiger partial charge in [0, 0.05) is 29.5 Å². The van der Waals surface area contributed by atoms with Crippen molar-refractivity contribution in [2.45, 2.75) is 19.8 Å². The molecule has 18 heavy (non-hydrogen) atoms. The van der Waals surface area contributed by atoms with E-state index in [9.17, 15) is 9.59 Å². The third-order valence-corrected chi connectivity index (χ3v) is 2.79. The molecular weight excluding hydrogens is 296 g/mol. The molecule has 0 saturated carbocycles. The van der Waals surface area contributed by atoms with Crippen LogP contribution in [0.3, 0.4) is 0 Å². The van der Waals surface area contributed by atoms with Crippen molar-refractivity contribution < 1.29 is 9.59 Å². The molecule has 0 radical (unpaired) electrons. The summed E-state index contributed by atoms with van der Waals surface area (Å²) in [6, 6.07) is 7.17. The van der Waals surface area contributed by atoms with E-state index in [2.05, 4.69) is 26.6 Å². The van der Waals surface area contributed by atoms with Crippen LogP contribution in [0.2, 0.25) is 0 Å². The molecule has 1 aromatic rings. The Morgan fingerprint density at radius 1 is 1.22 bits per heavy atom. The number of hydrogen-bond donors (Lipinski definition) is 2. The molecule has 4 nitrogen and oxygen atoms in total. The van der Waals surface area contributed by atoms with Gasteiger partial charge in [0.15, 0.2) is 0 Å². The van der Waals surface area contributed by atoms with Crippen LogP contribution in [0.15, 0.2) is 28.7 Å². The molecule has 1 aromatic carbocycles. The average molecular weight is 313 g/mol. The second-order valence-corrected chi connectivity index (χ2v) is 4.78. The van der Waals surface area contributed by atoms with Gasteiger partial charge in [-0.1, -0.05) is 28.9 Å². The molecular formula is C13H17BrN2O2. The monoisotopic (exact) mass is 312 g/mol. The molecule has 0 saturated heterocycles. The van der Waals surface area contributed by atoms with Gasteiger partial charge in [0.25, 0.3) is 5.91 Å². The van der Waals surface area contributed by atoms with Crippen molar-refractivity contribution in [2.75, 3.05) is 13.1 Å². The van der Waals surface area contributed by atoms with Crippen LogP contribution in [0.1, 0.15) is 30.1 Å². The Labute approximate surface area is 115 Å². The minimum Gasteiger partial charge on any atom is -0.354 e. The maximum Gasteiger partial charge on any atom is 0.251 e. The summed E-state index contributed by atoms with van der Waals surface area (Å²) in [5, 5.41) is 5.49. The van der Waals surface area contributed by atoms with Crippen LogP contribution in [0.5, 0.6) is 0 Å². The van der Waals surface area contributed by atoms with E-state index >= 15 is 0 Å². The lowest BCUT2D eigenvalue weighted by Crippen LogP contribution is -2.34. The summed E-state index contributed by atoms with van der Waals surface area (Å²) in [4.78, 5) is 22.9. The van der Waals surface area contributed by atoms with E-state index in [1.54, 1.807) is 12.1 Å². The fraction of sp³-hybridized carbons (Fsp3) is 0.385. The Balaban J connectivity index is 2.27. The minimum absolute atomic E-state index is 0.0224. The Morgan fingerprint density at radius 2 is 1.94 bits per heavy atom. The summed E-state index contributed by atoms with van der Waals surface area (Å²) in [7, 11) is 0. The molecule has 0 aliphatic heterocycles. The topological polar surface area (TPSA) is 58.2 Å². The highest BCUT2D eigenvalue weighted by Crippen LogP contribution is 2.11. The number of amides is 2. The Morgan fingerprint density at radius 3 is 2.61 bits per heavy atom. The van der Waals surface area contributed by atoms with E-state index in [0.717, 1.165) is 10.9 Å². The zero-order valence-electron chi connectivity index (χ0n) is 10.3. The molecule has 98 valence electrons. The summed E-state index contributed by atoms with van der Waals surface area (Å²) < 4.78 is 0.867. The molecule has 0 heterocycles. The molecule has 0 aliphatic carbocycles. The van der Waals surface area contributed by atoms with Gasteiger partial charge in [-0.2, -0.15) is 0 Å². The van der Waals surface area contributed by atoms with Crippen LogP contribution in [-0.4, -0.2) is 24.9 Å². The first-order valence-corrected chi connectivity index (χ1v) is 6.73. The number of benzene rings is 1. The van der Waals surface area contributed by atoms with Crippen molar-refractivity contribution in [1.29, 1.82) is 0 Å². The van der Waals surface area contributed by atoms with Gasteiger partial charge in [-0.3, -0.25) is 9.59 Å². The molecule has 2 amide bonds. The maximum absolute atomic E-state index is 11.7. The lowest BCUT2D eigenvalue weighted by molar-refractivity contribution is -0.121. The molecule has 0 unspecified atom stereocenters. The standard InChI is InChI=1S/C13H17BrN2O2/c1-2-4-12(17)15-7-8-16-13(18)10-5-3-6-11(14)9-10/h3,5-6,9H,2,4,7-8H2,1H3,(H,15,17)(H,16,18). The molecule has 0 aliphatic rings. The highest BCUT2D eigenvalue weighted by atomic mass is 79.9. The smallest absolute Gasteiger partial charge is 0.251 e. The summed E-state index contributed by atoms with van der Waals surface area (Å²) in [5.41, 5.74) is 0.601. The Hall–Kier alpha value is -1.36.